The fourth-order valence-electron chi connectivity index (χ4n) is 1.82. The minimum absolute atomic E-state index is 0.153. The average molecular weight is 307 g/mol. The fraction of sp³-hybridized carbons (Fsp3) is 0.417. The lowest BCUT2D eigenvalue weighted by molar-refractivity contribution is -0.125. The molecule has 2 rings (SSSR count). The van der Waals surface area contributed by atoms with Crippen molar-refractivity contribution in [2.24, 2.45) is 11.1 Å². The average Bonchev–Trinajstić information content (AvgIpc) is 2.68. The second kappa shape index (κ2) is 5.25. The summed E-state index contributed by atoms with van der Waals surface area (Å²) in [4.78, 5) is 12.2. The van der Waals surface area contributed by atoms with E-state index >= 15 is 0 Å². The Hall–Kier alpha value is -0.880. The smallest absolute Gasteiger partial charge is 0.234 e. The maximum Gasteiger partial charge on any atom is 0.234 e. The fourth-order valence-corrected chi connectivity index (χ4v) is 2.31. The van der Waals surface area contributed by atoms with Crippen LogP contribution in [0.25, 0.3) is 0 Å². The molecule has 0 aromatic heterocycles. The largest absolute Gasteiger partial charge is 0.379 e. The molecule has 3 N–H and O–H groups in total. The second-order valence-electron chi connectivity index (χ2n) is 4.75. The number of ether oxygens (including phenoxy) is 1. The van der Waals surface area contributed by atoms with Crippen molar-refractivity contribution in [2.75, 3.05) is 18.5 Å². The highest BCUT2D eigenvalue weighted by Crippen LogP contribution is 2.31. The van der Waals surface area contributed by atoms with Crippen molar-refractivity contribution in [1.82, 2.24) is 0 Å². The lowest BCUT2D eigenvalue weighted by Crippen LogP contribution is -2.47. The summed E-state index contributed by atoms with van der Waals surface area (Å²) < 4.78 is 18.5. The number of anilines is 1. The van der Waals surface area contributed by atoms with Gasteiger partial charge in [-0.2, -0.15) is 0 Å². The summed E-state index contributed by atoms with van der Waals surface area (Å²) in [6.45, 7) is 2.28. The number of amides is 1. The van der Waals surface area contributed by atoms with Crippen LogP contribution in [0.5, 0.6) is 0 Å². The quantitative estimate of drug-likeness (QED) is 0.825. The van der Waals surface area contributed by atoms with E-state index in [-0.39, 0.29) is 28.6 Å². The molecule has 1 aliphatic heterocycles. The lowest BCUT2D eigenvalue weighted by atomic mass is 9.85. The summed E-state index contributed by atoms with van der Waals surface area (Å²) in [7, 11) is 0. The number of hydrogen-bond acceptors (Lipinski definition) is 3. The highest BCUT2D eigenvalue weighted by molar-refractivity contribution is 6.35. The molecule has 0 aliphatic carbocycles. The first-order chi connectivity index (χ1) is 8.84. The summed E-state index contributed by atoms with van der Waals surface area (Å²) in [6, 6.07) is 2.20. The van der Waals surface area contributed by atoms with Gasteiger partial charge in [0.15, 0.2) is 5.82 Å². The van der Waals surface area contributed by atoms with Gasteiger partial charge in [-0.3, -0.25) is 4.79 Å². The summed E-state index contributed by atoms with van der Waals surface area (Å²) in [5, 5.41) is 2.32. The number of nitrogens with two attached hydrogens (primary N) is 1. The Kier molecular flexibility index (Phi) is 4.01. The van der Waals surface area contributed by atoms with E-state index in [4.69, 9.17) is 33.7 Å². The normalized spacial score (nSPS) is 26.5. The topological polar surface area (TPSA) is 64.3 Å². The van der Waals surface area contributed by atoms with Crippen LogP contribution in [0.15, 0.2) is 12.1 Å². The molecule has 104 valence electrons. The number of rotatable bonds is 2. The molecule has 0 spiro atoms. The minimum Gasteiger partial charge on any atom is -0.379 e. The van der Waals surface area contributed by atoms with Crippen LogP contribution in [0, 0.1) is 11.2 Å². The van der Waals surface area contributed by atoms with Gasteiger partial charge in [-0.1, -0.05) is 23.2 Å². The molecule has 19 heavy (non-hydrogen) atoms. The van der Waals surface area contributed by atoms with Gasteiger partial charge in [-0.05, 0) is 19.1 Å². The van der Waals surface area contributed by atoms with Crippen LogP contribution in [0.1, 0.15) is 6.92 Å². The first kappa shape index (κ1) is 14.5. The van der Waals surface area contributed by atoms with Crippen LogP contribution >= 0.6 is 23.2 Å². The number of carbonyl (C=O) groups is 1. The Labute approximate surface area is 120 Å². The zero-order chi connectivity index (χ0) is 14.2. The van der Waals surface area contributed by atoms with Gasteiger partial charge in [0, 0.05) is 11.7 Å². The van der Waals surface area contributed by atoms with Crippen molar-refractivity contribution in [3.63, 3.8) is 0 Å². The Morgan fingerprint density at radius 3 is 2.58 bits per heavy atom. The third kappa shape index (κ3) is 2.69. The van der Waals surface area contributed by atoms with Gasteiger partial charge in [0.1, 0.15) is 0 Å². The van der Waals surface area contributed by atoms with Crippen molar-refractivity contribution in [1.29, 1.82) is 0 Å². The van der Waals surface area contributed by atoms with Gasteiger partial charge < -0.3 is 15.8 Å². The molecule has 1 aliphatic rings. The zero-order valence-electron chi connectivity index (χ0n) is 10.2. The van der Waals surface area contributed by atoms with Crippen LogP contribution in [0.2, 0.25) is 10.0 Å². The van der Waals surface area contributed by atoms with Crippen molar-refractivity contribution >= 4 is 34.8 Å². The summed E-state index contributed by atoms with van der Waals surface area (Å²) >= 11 is 11.3. The molecule has 2 unspecified atom stereocenters. The molecule has 1 heterocycles. The predicted octanol–water partition coefficient (Wildman–Crippen LogP) is 2.43. The van der Waals surface area contributed by atoms with E-state index in [9.17, 15) is 9.18 Å². The van der Waals surface area contributed by atoms with Crippen LogP contribution in [-0.4, -0.2) is 25.2 Å². The molecule has 4 nitrogen and oxygen atoms in total. The molecule has 1 aromatic rings. The summed E-state index contributed by atoms with van der Waals surface area (Å²) in [6.07, 6.45) is 0. The van der Waals surface area contributed by atoms with Crippen LogP contribution < -0.4 is 11.1 Å². The third-order valence-electron chi connectivity index (χ3n) is 3.28. The SMILES string of the molecule is CC1(C(=O)Nc2cc(Cl)c(F)c(Cl)c2)COCC1N. The summed E-state index contributed by atoms with van der Waals surface area (Å²) in [5.41, 5.74) is 5.35. The van der Waals surface area contributed by atoms with Gasteiger partial charge in [-0.15, -0.1) is 0 Å². The third-order valence-corrected chi connectivity index (χ3v) is 3.83. The molecule has 0 bridgehead atoms. The Morgan fingerprint density at radius 1 is 1.53 bits per heavy atom. The Bertz CT molecular complexity index is 503. The molecule has 7 heteroatoms. The van der Waals surface area contributed by atoms with Crippen LogP contribution in [0.3, 0.4) is 0 Å². The predicted molar refractivity (Wildman–Crippen MR) is 72.0 cm³/mol. The zero-order valence-corrected chi connectivity index (χ0v) is 11.7. The van der Waals surface area contributed by atoms with E-state index in [2.05, 4.69) is 5.32 Å². The van der Waals surface area contributed by atoms with Crippen molar-refractivity contribution in [2.45, 2.75) is 13.0 Å². The number of hydrogen-bond donors (Lipinski definition) is 2. The van der Waals surface area contributed by atoms with E-state index in [1.54, 1.807) is 6.92 Å². The minimum atomic E-state index is -0.826. The molecular weight excluding hydrogens is 294 g/mol. The maximum atomic E-state index is 13.3. The van der Waals surface area contributed by atoms with Gasteiger partial charge >= 0.3 is 0 Å². The molecule has 2 atom stereocenters. The lowest BCUT2D eigenvalue weighted by Gasteiger charge is -2.25. The molecule has 1 aromatic carbocycles. The van der Waals surface area contributed by atoms with E-state index in [0.717, 1.165) is 0 Å². The van der Waals surface area contributed by atoms with Crippen molar-refractivity contribution in [3.05, 3.63) is 28.0 Å². The molecular formula is C12H13Cl2FN2O2. The van der Waals surface area contributed by atoms with E-state index < -0.39 is 11.2 Å². The van der Waals surface area contributed by atoms with Crippen LogP contribution in [0.4, 0.5) is 10.1 Å². The Balaban J connectivity index is 2.20. The molecule has 0 radical (unpaired) electrons. The Morgan fingerprint density at radius 2 is 2.11 bits per heavy atom. The van der Waals surface area contributed by atoms with E-state index in [1.165, 1.54) is 12.1 Å². The van der Waals surface area contributed by atoms with Crippen LogP contribution in [-0.2, 0) is 9.53 Å². The number of halogens is 3. The van der Waals surface area contributed by atoms with E-state index in [0.29, 0.717) is 12.3 Å². The molecule has 1 saturated heterocycles. The number of carbonyl (C=O) groups excluding carboxylic acids is 1. The molecule has 0 saturated carbocycles. The standard InChI is InChI=1S/C12H13Cl2FN2O2/c1-12(5-19-4-9(12)16)11(18)17-6-2-7(13)10(15)8(14)3-6/h2-3,9H,4-5,16H2,1H3,(H,17,18). The molecule has 1 amide bonds. The van der Waals surface area contributed by atoms with Gasteiger partial charge in [0.2, 0.25) is 5.91 Å². The monoisotopic (exact) mass is 306 g/mol. The molecule has 1 fully saturated rings. The number of nitrogens with one attached hydrogen (secondary N) is 1. The van der Waals surface area contributed by atoms with Crippen molar-refractivity contribution < 1.29 is 13.9 Å². The van der Waals surface area contributed by atoms with Gasteiger partial charge in [0.05, 0.1) is 28.7 Å². The number of benzene rings is 1. The van der Waals surface area contributed by atoms with E-state index in [1.807, 2.05) is 0 Å². The van der Waals surface area contributed by atoms with Gasteiger partial charge in [0.25, 0.3) is 0 Å². The maximum absolute atomic E-state index is 13.3. The second-order valence-corrected chi connectivity index (χ2v) is 5.56. The highest BCUT2D eigenvalue weighted by atomic mass is 35.5. The van der Waals surface area contributed by atoms with Crippen molar-refractivity contribution in [3.8, 4) is 0 Å². The summed E-state index contributed by atoms with van der Waals surface area (Å²) in [5.74, 6) is -1.02. The van der Waals surface area contributed by atoms with Gasteiger partial charge in [-0.25, -0.2) is 4.39 Å². The highest BCUT2D eigenvalue weighted by Gasteiger charge is 2.44. The first-order valence-electron chi connectivity index (χ1n) is 5.64. The first-order valence-corrected chi connectivity index (χ1v) is 6.39.